The Hall–Kier alpha value is -1.36. The quantitative estimate of drug-likeness (QED) is 0.650. The third kappa shape index (κ3) is 3.64. The largest absolute Gasteiger partial charge is 0.492 e. The lowest BCUT2D eigenvalue weighted by Crippen LogP contribution is -2.21. The van der Waals surface area contributed by atoms with Crippen LogP contribution in [0.2, 0.25) is 0 Å². The fourth-order valence-electron chi connectivity index (χ4n) is 2.61. The predicted octanol–water partition coefficient (Wildman–Crippen LogP) is 4.64. The van der Waals surface area contributed by atoms with E-state index >= 15 is 0 Å². The lowest BCUT2D eigenvalue weighted by Gasteiger charge is -2.30. The minimum absolute atomic E-state index is 0.299. The van der Waals surface area contributed by atoms with E-state index in [1.54, 1.807) is 6.33 Å². The molecule has 0 aliphatic carbocycles. The Morgan fingerprint density at radius 2 is 2.19 bits per heavy atom. The number of pyridine rings is 1. The second kappa shape index (κ2) is 7.07. The topological polar surface area (TPSA) is 39.4 Å². The SMILES string of the molecule is C=CCC(CC)(CC)CCOc1cc2nncn2cc1Br. The second-order valence-corrected chi connectivity index (χ2v) is 6.23. The molecule has 2 rings (SSSR count). The molecule has 0 aromatic carbocycles. The molecule has 114 valence electrons. The summed E-state index contributed by atoms with van der Waals surface area (Å²) in [5.74, 6) is 0.815. The highest BCUT2D eigenvalue weighted by molar-refractivity contribution is 9.10. The average Bonchev–Trinajstić information content (AvgIpc) is 2.93. The van der Waals surface area contributed by atoms with Crippen LogP contribution in [0.5, 0.6) is 5.75 Å². The van der Waals surface area contributed by atoms with Crippen LogP contribution in [0, 0.1) is 5.41 Å². The summed E-state index contributed by atoms with van der Waals surface area (Å²) in [6.07, 6.45) is 9.95. The Morgan fingerprint density at radius 3 is 2.86 bits per heavy atom. The zero-order chi connectivity index (χ0) is 15.3. The molecular weight excluding hydrogens is 330 g/mol. The summed E-state index contributed by atoms with van der Waals surface area (Å²) in [6.45, 7) is 9.06. The molecule has 0 unspecified atom stereocenters. The van der Waals surface area contributed by atoms with Crippen LogP contribution in [0.25, 0.3) is 5.65 Å². The van der Waals surface area contributed by atoms with Gasteiger partial charge in [-0.05, 0) is 34.2 Å². The van der Waals surface area contributed by atoms with Crippen molar-refractivity contribution < 1.29 is 4.74 Å². The van der Waals surface area contributed by atoms with Crippen molar-refractivity contribution in [3.05, 3.63) is 35.7 Å². The van der Waals surface area contributed by atoms with E-state index in [4.69, 9.17) is 4.74 Å². The third-order valence-electron chi connectivity index (χ3n) is 4.32. The van der Waals surface area contributed by atoms with Crippen molar-refractivity contribution in [3.8, 4) is 5.75 Å². The van der Waals surface area contributed by atoms with Crippen molar-refractivity contribution >= 4 is 21.6 Å². The van der Waals surface area contributed by atoms with Crippen LogP contribution in [-0.4, -0.2) is 21.2 Å². The number of rotatable bonds is 8. The van der Waals surface area contributed by atoms with E-state index in [1.165, 1.54) is 0 Å². The van der Waals surface area contributed by atoms with Gasteiger partial charge in [0.1, 0.15) is 12.1 Å². The van der Waals surface area contributed by atoms with Crippen LogP contribution in [0.1, 0.15) is 39.5 Å². The van der Waals surface area contributed by atoms with E-state index in [0.29, 0.717) is 12.0 Å². The molecule has 0 saturated heterocycles. The van der Waals surface area contributed by atoms with Crippen molar-refractivity contribution in [3.63, 3.8) is 0 Å². The van der Waals surface area contributed by atoms with E-state index < -0.39 is 0 Å². The van der Waals surface area contributed by atoms with E-state index in [2.05, 4.69) is 46.6 Å². The Labute approximate surface area is 134 Å². The van der Waals surface area contributed by atoms with Gasteiger partial charge >= 0.3 is 0 Å². The number of nitrogens with zero attached hydrogens (tertiary/aromatic N) is 3. The molecule has 0 spiro atoms. The molecule has 0 atom stereocenters. The Morgan fingerprint density at radius 1 is 1.43 bits per heavy atom. The van der Waals surface area contributed by atoms with Crippen LogP contribution in [0.15, 0.2) is 35.7 Å². The summed E-state index contributed by atoms with van der Waals surface area (Å²) in [5.41, 5.74) is 1.09. The van der Waals surface area contributed by atoms with Gasteiger partial charge in [0.25, 0.3) is 0 Å². The first-order chi connectivity index (χ1) is 10.1. The van der Waals surface area contributed by atoms with Gasteiger partial charge < -0.3 is 4.74 Å². The molecule has 0 saturated carbocycles. The minimum Gasteiger partial charge on any atom is -0.492 e. The molecule has 0 aliphatic rings. The summed E-state index contributed by atoms with van der Waals surface area (Å²) >= 11 is 3.53. The second-order valence-electron chi connectivity index (χ2n) is 5.38. The molecular formula is C16H22BrN3O. The van der Waals surface area contributed by atoms with Gasteiger partial charge in [0.05, 0.1) is 11.1 Å². The van der Waals surface area contributed by atoms with Gasteiger partial charge in [0, 0.05) is 12.3 Å². The maximum atomic E-state index is 5.96. The molecule has 2 heterocycles. The zero-order valence-electron chi connectivity index (χ0n) is 12.7. The normalized spacial score (nSPS) is 11.8. The number of allylic oxidation sites excluding steroid dienone is 1. The number of hydrogen-bond donors (Lipinski definition) is 0. The molecule has 0 N–H and O–H groups in total. The van der Waals surface area contributed by atoms with Crippen molar-refractivity contribution in [1.82, 2.24) is 14.6 Å². The predicted molar refractivity (Wildman–Crippen MR) is 88.6 cm³/mol. The van der Waals surface area contributed by atoms with Gasteiger partial charge in [-0.25, -0.2) is 0 Å². The highest BCUT2D eigenvalue weighted by Gasteiger charge is 2.24. The number of halogens is 1. The Bertz CT molecular complexity index is 605. The first-order valence-electron chi connectivity index (χ1n) is 7.36. The van der Waals surface area contributed by atoms with Gasteiger partial charge in [-0.1, -0.05) is 32.8 Å². The Kier molecular flexibility index (Phi) is 5.39. The highest BCUT2D eigenvalue weighted by atomic mass is 79.9. The number of ether oxygens (including phenoxy) is 1. The first kappa shape index (κ1) is 16.0. The third-order valence-corrected chi connectivity index (χ3v) is 4.91. The number of fused-ring (bicyclic) bond motifs is 1. The van der Waals surface area contributed by atoms with Crippen LogP contribution < -0.4 is 4.74 Å². The Balaban J connectivity index is 2.03. The van der Waals surface area contributed by atoms with Gasteiger partial charge in [-0.15, -0.1) is 16.8 Å². The standard InChI is InChI=1S/C16H22BrN3O/c1-4-7-16(5-2,6-3)8-9-21-14-10-15-19-18-12-20(15)11-13(14)17/h4,10-12H,1,5-9H2,2-3H3. The van der Waals surface area contributed by atoms with Gasteiger partial charge in [0.2, 0.25) is 0 Å². The summed E-state index contributed by atoms with van der Waals surface area (Å²) in [4.78, 5) is 0. The van der Waals surface area contributed by atoms with E-state index in [-0.39, 0.29) is 0 Å². The molecule has 5 heteroatoms. The number of hydrogen-bond acceptors (Lipinski definition) is 3. The van der Waals surface area contributed by atoms with Crippen LogP contribution in [0.3, 0.4) is 0 Å². The summed E-state index contributed by atoms with van der Waals surface area (Å²) in [6, 6.07) is 1.91. The fraction of sp³-hybridized carbons (Fsp3) is 0.500. The molecule has 2 aromatic rings. The molecule has 21 heavy (non-hydrogen) atoms. The summed E-state index contributed by atoms with van der Waals surface area (Å²) in [7, 11) is 0. The summed E-state index contributed by atoms with van der Waals surface area (Å²) in [5, 5.41) is 7.92. The molecule has 0 bridgehead atoms. The number of aromatic nitrogens is 3. The van der Waals surface area contributed by atoms with Crippen molar-refractivity contribution in [2.45, 2.75) is 39.5 Å². The van der Waals surface area contributed by atoms with Gasteiger partial charge in [-0.2, -0.15) is 0 Å². The van der Waals surface area contributed by atoms with Crippen LogP contribution in [-0.2, 0) is 0 Å². The van der Waals surface area contributed by atoms with Crippen molar-refractivity contribution in [2.75, 3.05) is 6.61 Å². The van der Waals surface area contributed by atoms with Crippen LogP contribution >= 0.6 is 15.9 Å². The first-order valence-corrected chi connectivity index (χ1v) is 8.16. The van der Waals surface area contributed by atoms with E-state index in [1.807, 2.05) is 22.7 Å². The molecule has 0 aliphatic heterocycles. The van der Waals surface area contributed by atoms with Crippen molar-refractivity contribution in [2.24, 2.45) is 5.41 Å². The lowest BCUT2D eigenvalue weighted by atomic mass is 9.77. The zero-order valence-corrected chi connectivity index (χ0v) is 14.3. The smallest absolute Gasteiger partial charge is 0.164 e. The molecule has 4 nitrogen and oxygen atoms in total. The fourth-order valence-corrected chi connectivity index (χ4v) is 3.06. The highest BCUT2D eigenvalue weighted by Crippen LogP contribution is 2.35. The average molecular weight is 352 g/mol. The van der Waals surface area contributed by atoms with E-state index in [0.717, 1.165) is 41.6 Å². The molecule has 0 fully saturated rings. The monoisotopic (exact) mass is 351 g/mol. The van der Waals surface area contributed by atoms with Crippen LogP contribution in [0.4, 0.5) is 0 Å². The lowest BCUT2D eigenvalue weighted by molar-refractivity contribution is 0.181. The molecule has 0 radical (unpaired) electrons. The maximum absolute atomic E-state index is 5.96. The van der Waals surface area contributed by atoms with Gasteiger partial charge in [-0.3, -0.25) is 4.40 Å². The summed E-state index contributed by atoms with van der Waals surface area (Å²) < 4.78 is 8.73. The molecule has 0 amide bonds. The molecule has 2 aromatic heterocycles. The minimum atomic E-state index is 0.299. The maximum Gasteiger partial charge on any atom is 0.164 e. The van der Waals surface area contributed by atoms with Crippen molar-refractivity contribution in [1.29, 1.82) is 0 Å². The van der Waals surface area contributed by atoms with E-state index in [9.17, 15) is 0 Å². The van der Waals surface area contributed by atoms with Gasteiger partial charge in [0.15, 0.2) is 5.65 Å².